The van der Waals surface area contributed by atoms with Crippen molar-refractivity contribution in [3.05, 3.63) is 0 Å². The van der Waals surface area contributed by atoms with Gasteiger partial charge in [0.2, 0.25) is 6.41 Å². The SMILES string of the molecule is CCC(C(C)C)N1CN1C=O. The van der Waals surface area contributed by atoms with Crippen LogP contribution >= 0.6 is 0 Å². The Labute approximate surface area is 67.9 Å². The Morgan fingerprint density at radius 3 is 2.45 bits per heavy atom. The van der Waals surface area contributed by atoms with Gasteiger partial charge in [-0.2, -0.15) is 5.01 Å². The molecule has 1 fully saturated rings. The van der Waals surface area contributed by atoms with Crippen molar-refractivity contribution in [2.24, 2.45) is 5.92 Å². The molecular formula is C8H16N2O. The zero-order valence-corrected chi connectivity index (χ0v) is 7.45. The second kappa shape index (κ2) is 3.22. The maximum Gasteiger partial charge on any atom is 0.225 e. The number of amides is 1. The molecule has 0 aromatic heterocycles. The Morgan fingerprint density at radius 2 is 2.18 bits per heavy atom. The van der Waals surface area contributed by atoms with Gasteiger partial charge in [-0.1, -0.05) is 20.8 Å². The van der Waals surface area contributed by atoms with E-state index in [4.69, 9.17) is 0 Å². The first-order valence-electron chi connectivity index (χ1n) is 4.19. The number of hydrazine groups is 1. The molecule has 0 aromatic carbocycles. The van der Waals surface area contributed by atoms with Gasteiger partial charge in [0, 0.05) is 6.04 Å². The number of carbonyl (C=O) groups is 1. The lowest BCUT2D eigenvalue weighted by Gasteiger charge is -2.19. The topological polar surface area (TPSA) is 23.1 Å². The third kappa shape index (κ3) is 1.71. The van der Waals surface area contributed by atoms with E-state index >= 15 is 0 Å². The Bertz CT molecular complexity index is 147. The molecule has 1 amide bonds. The molecule has 3 nitrogen and oxygen atoms in total. The van der Waals surface area contributed by atoms with Crippen molar-refractivity contribution in [3.8, 4) is 0 Å². The second-order valence-corrected chi connectivity index (χ2v) is 3.35. The molecule has 0 aliphatic carbocycles. The van der Waals surface area contributed by atoms with Crippen LogP contribution in [-0.2, 0) is 4.79 Å². The lowest BCUT2D eigenvalue weighted by atomic mass is 10.0. The molecule has 3 heteroatoms. The van der Waals surface area contributed by atoms with Gasteiger partial charge in [0.1, 0.15) is 6.67 Å². The third-order valence-corrected chi connectivity index (χ3v) is 2.23. The van der Waals surface area contributed by atoms with Crippen molar-refractivity contribution in [1.82, 2.24) is 10.0 Å². The summed E-state index contributed by atoms with van der Waals surface area (Å²) in [7, 11) is 0. The van der Waals surface area contributed by atoms with Gasteiger partial charge in [-0.25, -0.2) is 0 Å². The minimum atomic E-state index is 0.542. The van der Waals surface area contributed by atoms with Gasteiger partial charge >= 0.3 is 0 Å². The van der Waals surface area contributed by atoms with Crippen LogP contribution in [0.15, 0.2) is 0 Å². The molecule has 64 valence electrons. The van der Waals surface area contributed by atoms with Crippen molar-refractivity contribution in [2.45, 2.75) is 33.2 Å². The highest BCUT2D eigenvalue weighted by atomic mass is 16.2. The third-order valence-electron chi connectivity index (χ3n) is 2.23. The molecule has 1 aliphatic heterocycles. The van der Waals surface area contributed by atoms with Gasteiger partial charge in [0.25, 0.3) is 0 Å². The number of hydrogen-bond acceptors (Lipinski definition) is 2. The molecule has 1 saturated heterocycles. The van der Waals surface area contributed by atoms with E-state index < -0.39 is 0 Å². The molecular weight excluding hydrogens is 140 g/mol. The Balaban J connectivity index is 2.39. The van der Waals surface area contributed by atoms with Crippen LogP contribution < -0.4 is 0 Å². The summed E-state index contributed by atoms with van der Waals surface area (Å²) in [6, 6.07) is 0.542. The predicted octanol–water partition coefficient (Wildman–Crippen LogP) is 1.07. The predicted molar refractivity (Wildman–Crippen MR) is 43.5 cm³/mol. The van der Waals surface area contributed by atoms with E-state index in [2.05, 4.69) is 25.8 Å². The Kier molecular flexibility index (Phi) is 2.49. The molecule has 2 unspecified atom stereocenters. The number of carbonyl (C=O) groups excluding carboxylic acids is 1. The van der Waals surface area contributed by atoms with E-state index in [9.17, 15) is 4.79 Å². The summed E-state index contributed by atoms with van der Waals surface area (Å²) in [6.07, 6.45) is 2.01. The van der Waals surface area contributed by atoms with E-state index in [0.29, 0.717) is 12.0 Å². The Hall–Kier alpha value is -0.570. The van der Waals surface area contributed by atoms with Crippen molar-refractivity contribution in [3.63, 3.8) is 0 Å². The van der Waals surface area contributed by atoms with Crippen molar-refractivity contribution < 1.29 is 4.79 Å². The van der Waals surface area contributed by atoms with Crippen molar-refractivity contribution in [1.29, 1.82) is 0 Å². The molecule has 1 aliphatic rings. The first-order chi connectivity index (χ1) is 5.20. The molecule has 0 saturated carbocycles. The fourth-order valence-corrected chi connectivity index (χ4v) is 1.54. The van der Waals surface area contributed by atoms with Gasteiger partial charge in [0.15, 0.2) is 0 Å². The van der Waals surface area contributed by atoms with E-state index in [1.807, 2.05) is 0 Å². The molecule has 0 aromatic rings. The maximum absolute atomic E-state index is 10.3. The van der Waals surface area contributed by atoms with Crippen LogP contribution in [0.5, 0.6) is 0 Å². The number of rotatable bonds is 4. The lowest BCUT2D eigenvalue weighted by molar-refractivity contribution is -0.116. The quantitative estimate of drug-likeness (QED) is 0.449. The van der Waals surface area contributed by atoms with Gasteiger partial charge in [-0.15, -0.1) is 0 Å². The molecule has 0 spiro atoms. The standard InChI is InChI=1S/C8H16N2O/c1-4-8(7(2)3)10-5-9(10)6-11/h6-8H,4-5H2,1-3H3. The summed E-state index contributed by atoms with van der Waals surface area (Å²) in [5.41, 5.74) is 0. The van der Waals surface area contributed by atoms with Gasteiger partial charge in [-0.05, 0) is 12.3 Å². The summed E-state index contributed by atoms with van der Waals surface area (Å²) in [5.74, 6) is 0.630. The highest BCUT2D eigenvalue weighted by Gasteiger charge is 2.36. The maximum atomic E-state index is 10.3. The van der Waals surface area contributed by atoms with Gasteiger partial charge in [-0.3, -0.25) is 9.80 Å². The molecule has 0 radical (unpaired) electrons. The summed E-state index contributed by atoms with van der Waals surface area (Å²) < 4.78 is 0. The fourth-order valence-electron chi connectivity index (χ4n) is 1.54. The molecule has 2 atom stereocenters. The molecule has 11 heavy (non-hydrogen) atoms. The van der Waals surface area contributed by atoms with Crippen molar-refractivity contribution >= 4 is 6.41 Å². The number of hydrogen-bond donors (Lipinski definition) is 0. The van der Waals surface area contributed by atoms with Gasteiger partial charge in [0.05, 0.1) is 0 Å². The zero-order valence-electron chi connectivity index (χ0n) is 7.45. The zero-order chi connectivity index (χ0) is 8.43. The Morgan fingerprint density at radius 1 is 1.55 bits per heavy atom. The fraction of sp³-hybridized carbons (Fsp3) is 0.875. The largest absolute Gasteiger partial charge is 0.277 e. The van der Waals surface area contributed by atoms with Crippen LogP contribution in [0, 0.1) is 5.92 Å². The first kappa shape index (κ1) is 8.53. The van der Waals surface area contributed by atoms with Crippen LogP contribution in [0.4, 0.5) is 0 Å². The van der Waals surface area contributed by atoms with E-state index in [1.54, 1.807) is 5.01 Å². The highest BCUT2D eigenvalue weighted by Crippen LogP contribution is 2.24. The summed E-state index contributed by atoms with van der Waals surface area (Å²) in [4.78, 5) is 10.3. The van der Waals surface area contributed by atoms with E-state index in [1.165, 1.54) is 0 Å². The van der Waals surface area contributed by atoms with Crippen LogP contribution in [0.2, 0.25) is 0 Å². The summed E-state index contributed by atoms with van der Waals surface area (Å²) >= 11 is 0. The van der Waals surface area contributed by atoms with Crippen LogP contribution in [0.3, 0.4) is 0 Å². The molecule has 1 heterocycles. The van der Waals surface area contributed by atoms with E-state index in [-0.39, 0.29) is 0 Å². The first-order valence-corrected chi connectivity index (χ1v) is 4.19. The van der Waals surface area contributed by atoms with Crippen LogP contribution in [0.25, 0.3) is 0 Å². The van der Waals surface area contributed by atoms with E-state index in [0.717, 1.165) is 19.5 Å². The summed E-state index contributed by atoms with van der Waals surface area (Å²) in [5, 5.41) is 3.83. The molecule has 0 bridgehead atoms. The number of nitrogens with zero attached hydrogens (tertiary/aromatic N) is 2. The van der Waals surface area contributed by atoms with Crippen molar-refractivity contribution in [2.75, 3.05) is 6.67 Å². The highest BCUT2D eigenvalue weighted by molar-refractivity contribution is 5.48. The van der Waals surface area contributed by atoms with Gasteiger partial charge < -0.3 is 0 Å². The minimum absolute atomic E-state index is 0.542. The molecule has 0 N–H and O–H groups in total. The average Bonchev–Trinajstić information content (AvgIpc) is 2.68. The monoisotopic (exact) mass is 156 g/mol. The smallest absolute Gasteiger partial charge is 0.225 e. The molecule has 1 rings (SSSR count). The summed E-state index contributed by atoms with van der Waals surface area (Å²) in [6.45, 7) is 7.36. The lowest BCUT2D eigenvalue weighted by Crippen LogP contribution is -2.26. The minimum Gasteiger partial charge on any atom is -0.277 e. The second-order valence-electron chi connectivity index (χ2n) is 3.35. The van der Waals surface area contributed by atoms with Crippen LogP contribution in [-0.4, -0.2) is 29.1 Å². The van der Waals surface area contributed by atoms with Crippen LogP contribution in [0.1, 0.15) is 27.2 Å². The normalized spacial score (nSPS) is 25.5. The average molecular weight is 156 g/mol.